The molecule has 0 fully saturated rings. The van der Waals surface area contributed by atoms with Gasteiger partial charge in [-0.05, 0) is 70.3 Å². The van der Waals surface area contributed by atoms with Gasteiger partial charge in [-0.1, -0.05) is 91.1 Å². The molecular weight excluding hydrogens is 928 g/mol. The summed E-state index contributed by atoms with van der Waals surface area (Å²) in [6.45, 7) is 15.6. The highest BCUT2D eigenvalue weighted by molar-refractivity contribution is 7.46. The number of nitrogens with two attached hydrogens (primary N) is 1. The number of nitrogens with one attached hydrogen (secondary N) is 4. The number of aryl methyl sites for hydroxylation is 2. The number of ether oxygens (including phenoxy) is 1. The minimum Gasteiger partial charge on any atom is -0.394 e. The fourth-order valence-electron chi connectivity index (χ4n) is 6.91. The Hall–Kier alpha value is -4.76. The molecule has 0 aliphatic heterocycles. The summed E-state index contributed by atoms with van der Waals surface area (Å²) in [6, 6.07) is 4.10. The minimum absolute atomic E-state index is 0.0127. The predicted molar refractivity (Wildman–Crippen MR) is 264 cm³/mol. The first kappa shape index (κ1) is 63.3. The van der Waals surface area contributed by atoms with Crippen molar-refractivity contribution in [2.45, 2.75) is 169 Å². The molecule has 1 aromatic carbocycles. The number of phosphoric acid groups is 1. The molecule has 2 aromatic rings. The van der Waals surface area contributed by atoms with Crippen LogP contribution < -0.4 is 27.0 Å². The molecule has 398 valence electrons. The summed E-state index contributed by atoms with van der Waals surface area (Å²) < 4.78 is 23.4. The topological polar surface area (TPSA) is 314 Å². The van der Waals surface area contributed by atoms with E-state index in [-0.39, 0.29) is 57.4 Å². The zero-order valence-corrected chi connectivity index (χ0v) is 43.6. The van der Waals surface area contributed by atoms with Crippen LogP contribution in [-0.2, 0) is 62.0 Å². The Labute approximate surface area is 414 Å². The van der Waals surface area contributed by atoms with Gasteiger partial charge in [-0.3, -0.25) is 33.3 Å². The van der Waals surface area contributed by atoms with E-state index < -0.39 is 79.8 Å². The first-order valence-electron chi connectivity index (χ1n) is 24.2. The van der Waals surface area contributed by atoms with E-state index in [1.54, 1.807) is 20.2 Å². The summed E-state index contributed by atoms with van der Waals surface area (Å²) >= 11 is 0. The third kappa shape index (κ3) is 27.0. The molecule has 21 nitrogen and oxygen atoms in total. The van der Waals surface area contributed by atoms with E-state index in [0.29, 0.717) is 18.7 Å². The SMILES string of the molecule is CC(C)C.CCCN(CC(=O)N[C@@H](CC(C)C)C(=O)N[C@@H](Cc1cncn1CCCCCCCc1ccccc1)C(=O)N[C@@H](CO)C(=O)N[C@H](C(N)=O)[C@@H](C)OP(=O)(O)O)C(=O)CCOC(C)(C)CO. The Balaban J connectivity index is 0.00000588. The fourth-order valence-corrected chi connectivity index (χ4v) is 7.47. The van der Waals surface area contributed by atoms with Gasteiger partial charge in [0.05, 0.1) is 50.8 Å². The van der Waals surface area contributed by atoms with E-state index in [2.05, 4.69) is 63.7 Å². The van der Waals surface area contributed by atoms with Crippen molar-refractivity contribution in [1.29, 1.82) is 0 Å². The van der Waals surface area contributed by atoms with Gasteiger partial charge in [-0.2, -0.15) is 0 Å². The summed E-state index contributed by atoms with van der Waals surface area (Å²) in [6.07, 6.45) is 7.81. The average Bonchev–Trinajstić information content (AvgIpc) is 3.71. The zero-order chi connectivity index (χ0) is 53.0. The number of aliphatic hydroxyl groups is 2. The van der Waals surface area contributed by atoms with Crippen molar-refractivity contribution >= 4 is 43.3 Å². The molecule has 1 heterocycles. The van der Waals surface area contributed by atoms with Gasteiger partial charge in [0.1, 0.15) is 24.2 Å². The fraction of sp³-hybridized carbons (Fsp3) is 0.688. The number of hydrogen-bond donors (Lipinski definition) is 9. The number of hydrogen-bond acceptors (Lipinski definition) is 12. The number of aliphatic hydroxyl groups excluding tert-OH is 2. The van der Waals surface area contributed by atoms with E-state index in [4.69, 9.17) is 10.5 Å². The molecule has 0 bridgehead atoms. The Morgan fingerprint density at radius 3 is 2.00 bits per heavy atom. The zero-order valence-electron chi connectivity index (χ0n) is 42.7. The number of amides is 6. The van der Waals surface area contributed by atoms with Gasteiger partial charge in [0.2, 0.25) is 35.4 Å². The van der Waals surface area contributed by atoms with Crippen LogP contribution in [0.3, 0.4) is 0 Å². The normalized spacial score (nSPS) is 13.8. The molecular formula is C48H83N8O13P. The molecule has 0 aliphatic carbocycles. The van der Waals surface area contributed by atoms with Crippen LogP contribution in [0.15, 0.2) is 42.9 Å². The average molecular weight is 1010 g/mol. The van der Waals surface area contributed by atoms with Crippen molar-refractivity contribution < 1.29 is 62.6 Å². The molecule has 0 aliphatic rings. The van der Waals surface area contributed by atoms with Crippen LogP contribution in [0.25, 0.3) is 0 Å². The summed E-state index contributed by atoms with van der Waals surface area (Å²) in [5.74, 6) is -4.38. The van der Waals surface area contributed by atoms with Gasteiger partial charge >= 0.3 is 7.82 Å². The maximum absolute atomic E-state index is 14.1. The smallest absolute Gasteiger partial charge is 0.394 e. The lowest BCUT2D eigenvalue weighted by Gasteiger charge is -2.28. The summed E-state index contributed by atoms with van der Waals surface area (Å²) in [7, 11) is -5.13. The van der Waals surface area contributed by atoms with Crippen molar-refractivity contribution in [3.05, 3.63) is 54.1 Å². The Kier molecular flexibility index (Phi) is 29.8. The number of unbranched alkanes of at least 4 members (excludes halogenated alkanes) is 4. The highest BCUT2D eigenvalue weighted by Crippen LogP contribution is 2.38. The predicted octanol–water partition coefficient (Wildman–Crippen LogP) is 2.66. The Morgan fingerprint density at radius 2 is 1.43 bits per heavy atom. The van der Waals surface area contributed by atoms with E-state index in [1.165, 1.54) is 16.7 Å². The van der Waals surface area contributed by atoms with Crippen LogP contribution in [0, 0.1) is 11.8 Å². The van der Waals surface area contributed by atoms with Gasteiger partial charge in [0, 0.05) is 31.4 Å². The largest absolute Gasteiger partial charge is 0.469 e. The molecule has 6 amide bonds. The molecule has 22 heteroatoms. The van der Waals surface area contributed by atoms with E-state index in [0.717, 1.165) is 51.4 Å². The van der Waals surface area contributed by atoms with Crippen LogP contribution >= 0.6 is 7.82 Å². The second-order valence-corrected chi connectivity index (χ2v) is 20.3. The molecule has 0 saturated carbocycles. The number of phosphoric ester groups is 1. The Bertz CT molecular complexity index is 1930. The van der Waals surface area contributed by atoms with E-state index in [9.17, 15) is 53.3 Å². The quantitative estimate of drug-likeness (QED) is 0.0367. The van der Waals surface area contributed by atoms with Gasteiger partial charge in [0.25, 0.3) is 0 Å². The number of carbonyl (C=O) groups excluding carboxylic acids is 6. The van der Waals surface area contributed by atoms with Crippen molar-refractivity contribution in [2.75, 3.05) is 32.9 Å². The van der Waals surface area contributed by atoms with Crippen molar-refractivity contribution in [3.8, 4) is 0 Å². The van der Waals surface area contributed by atoms with Gasteiger partial charge in [0.15, 0.2) is 0 Å². The van der Waals surface area contributed by atoms with Crippen LogP contribution in [0.2, 0.25) is 0 Å². The summed E-state index contributed by atoms with van der Waals surface area (Å²) in [4.78, 5) is 104. The number of carbonyl (C=O) groups is 6. The van der Waals surface area contributed by atoms with E-state index >= 15 is 0 Å². The molecule has 0 radical (unpaired) electrons. The highest BCUT2D eigenvalue weighted by Gasteiger charge is 2.35. The van der Waals surface area contributed by atoms with Crippen LogP contribution in [0.4, 0.5) is 0 Å². The molecule has 0 unspecified atom stereocenters. The van der Waals surface area contributed by atoms with Crippen molar-refractivity contribution in [1.82, 2.24) is 35.7 Å². The lowest BCUT2D eigenvalue weighted by atomic mass is 10.0. The number of nitrogens with zero attached hydrogens (tertiary/aromatic N) is 3. The highest BCUT2D eigenvalue weighted by atomic mass is 31.2. The molecule has 2 rings (SSSR count). The molecule has 0 spiro atoms. The molecule has 0 saturated heterocycles. The standard InChI is InChI=1S/C44H73N8O13P.C4H10/c1-7-20-51(38(56)19-22-64-44(5,6)28-54)26-37(55)47-34(23-30(2)3)41(58)48-35(42(59)49-36(27-53)43(60)50-39(40(45)57)31(4)65-66(61,62)63)24-33-25-46-29-52(33)21-15-10-8-9-12-16-32-17-13-11-14-18-32;1-4(2)3/h11,13-14,17-18,25,29-31,34-36,39,53-54H,7-10,12,15-16,19-24,26-28H2,1-6H3,(H2,45,57)(H,47,55)(H,48,58)(H,49,59)(H,50,60)(H2,61,62,63);4H,1-3H3/t31-,34+,35+,36+,39+;/m1./s1. The van der Waals surface area contributed by atoms with Gasteiger partial charge in [-0.15, -0.1) is 0 Å². The third-order valence-electron chi connectivity index (χ3n) is 10.5. The number of benzene rings is 1. The van der Waals surface area contributed by atoms with Gasteiger partial charge in [-0.25, -0.2) is 9.55 Å². The van der Waals surface area contributed by atoms with E-state index in [1.807, 2.05) is 43.5 Å². The number of imidazole rings is 1. The maximum atomic E-state index is 14.1. The molecule has 10 N–H and O–H groups in total. The molecule has 1 aromatic heterocycles. The maximum Gasteiger partial charge on any atom is 0.469 e. The van der Waals surface area contributed by atoms with Crippen LogP contribution in [0.1, 0.15) is 125 Å². The second-order valence-electron chi connectivity index (χ2n) is 19.1. The monoisotopic (exact) mass is 1010 g/mol. The van der Waals surface area contributed by atoms with Crippen molar-refractivity contribution in [3.63, 3.8) is 0 Å². The summed E-state index contributed by atoms with van der Waals surface area (Å²) in [5, 5.41) is 29.6. The van der Waals surface area contributed by atoms with Crippen LogP contribution in [0.5, 0.6) is 0 Å². The lowest BCUT2D eigenvalue weighted by Crippen LogP contribution is -2.61. The van der Waals surface area contributed by atoms with Gasteiger partial charge < -0.3 is 61.2 Å². The third-order valence-corrected chi connectivity index (χ3v) is 11.1. The second kappa shape index (κ2) is 33.0. The first-order valence-corrected chi connectivity index (χ1v) is 25.8. The first-order chi connectivity index (χ1) is 32.8. The molecule has 5 atom stereocenters. The molecule has 70 heavy (non-hydrogen) atoms. The number of aromatic nitrogens is 2. The minimum atomic E-state index is -5.13. The number of primary amides is 1. The lowest BCUT2D eigenvalue weighted by molar-refractivity contribution is -0.139. The summed E-state index contributed by atoms with van der Waals surface area (Å²) in [5.41, 5.74) is 6.35. The van der Waals surface area contributed by atoms with Crippen molar-refractivity contribution in [2.24, 2.45) is 17.6 Å². The Morgan fingerprint density at radius 1 is 0.843 bits per heavy atom. The van der Waals surface area contributed by atoms with Crippen LogP contribution in [-0.4, -0.2) is 139 Å². The number of rotatable bonds is 33.